The Hall–Kier alpha value is -2.45. The Kier molecular flexibility index (Phi) is 8.21. The molecule has 3 unspecified atom stereocenters. The van der Waals surface area contributed by atoms with E-state index >= 15 is 0 Å². The summed E-state index contributed by atoms with van der Waals surface area (Å²) in [5, 5.41) is 5.27. The Morgan fingerprint density at radius 1 is 0.769 bits per heavy atom. The van der Waals surface area contributed by atoms with Crippen LogP contribution in [0, 0.1) is 0 Å². The van der Waals surface area contributed by atoms with Gasteiger partial charge in [0.1, 0.15) is 0 Å². The summed E-state index contributed by atoms with van der Waals surface area (Å²) < 4.78 is 0.678. The van der Waals surface area contributed by atoms with Crippen molar-refractivity contribution in [1.29, 1.82) is 0 Å². The zero-order chi connectivity index (χ0) is 26.8. The van der Waals surface area contributed by atoms with Gasteiger partial charge in [-0.25, -0.2) is 0 Å². The third-order valence-corrected chi connectivity index (χ3v) is 13.3. The van der Waals surface area contributed by atoms with Crippen molar-refractivity contribution < 1.29 is 19.2 Å². The van der Waals surface area contributed by atoms with Gasteiger partial charge in [-0.1, -0.05) is 24.9 Å². The molecule has 196 valence electrons. The molecule has 2 heteroatoms. The minimum absolute atomic E-state index is 0.145. The van der Waals surface area contributed by atoms with Gasteiger partial charge in [0.05, 0.1) is 0 Å². The summed E-state index contributed by atoms with van der Waals surface area (Å²) in [5.41, 5.74) is 11.9. The van der Waals surface area contributed by atoms with Crippen molar-refractivity contribution in [3.05, 3.63) is 118 Å². The zero-order valence-corrected chi connectivity index (χ0v) is 26.7. The van der Waals surface area contributed by atoms with Crippen molar-refractivity contribution in [1.82, 2.24) is 0 Å². The van der Waals surface area contributed by atoms with E-state index in [1.807, 2.05) is 0 Å². The Labute approximate surface area is 246 Å². The first kappa shape index (κ1) is 26.8. The maximum absolute atomic E-state index is 2.53. The zero-order valence-electron chi connectivity index (χ0n) is 23.7. The molecular weight excluding hydrogens is 520 g/mol. The molecule has 7 rings (SSSR count). The molecule has 1 aliphatic heterocycles. The standard InChI is InChI=1S/C32H27.C4H10Si.CH3.Ti/c1-3-22-19-32-26(23-10-5-4-6-11-23)14-9-15-27(32)30(22)20-29-21(2)18-31-25-13-8-7-12-24(25)16-17-28(29)31;1-2-4-5-3-1;;/h4-20,29-30H,3H2,1-2H3;1-5H2;1H3;. The van der Waals surface area contributed by atoms with Gasteiger partial charge in [-0.3, -0.25) is 0 Å². The predicted molar refractivity (Wildman–Crippen MR) is 170 cm³/mol. The van der Waals surface area contributed by atoms with Crippen LogP contribution in [0.3, 0.4) is 0 Å². The second-order valence-corrected chi connectivity index (χ2v) is 15.5. The normalized spacial score (nSPS) is 20.0. The SMILES string of the molecule is C1CC[SiH2]C1.CCC1=Cc2c(-c3ccccc3)cccc2C1[CH]([Ti][CH3])C1C(C)=Cc2c1ccc1ccccc21. The number of hydrogen-bond donors (Lipinski definition) is 0. The predicted octanol–water partition coefficient (Wildman–Crippen LogP) is 10.3. The first-order chi connectivity index (χ1) is 19.2. The minimum atomic E-state index is -0.145. The average molecular weight is 561 g/mol. The molecule has 0 aromatic heterocycles. The monoisotopic (exact) mass is 560 g/mol. The molecule has 0 N–H and O–H groups in total. The fraction of sp³-hybridized carbons (Fsp3) is 0.297. The fourth-order valence-electron chi connectivity index (χ4n) is 7.30. The van der Waals surface area contributed by atoms with E-state index in [0.29, 0.717) is 25.6 Å². The average Bonchev–Trinajstić information content (AvgIpc) is 3.75. The third-order valence-electron chi connectivity index (χ3n) is 9.20. The quantitative estimate of drug-likeness (QED) is 0.213. The number of benzene rings is 4. The molecule has 3 aliphatic rings. The van der Waals surface area contributed by atoms with E-state index in [9.17, 15) is 0 Å². The maximum atomic E-state index is 2.53. The van der Waals surface area contributed by atoms with Gasteiger partial charge in [-0.2, -0.15) is 0 Å². The van der Waals surface area contributed by atoms with Crippen LogP contribution in [-0.2, 0) is 19.2 Å². The van der Waals surface area contributed by atoms with Gasteiger partial charge >= 0.3 is 213 Å². The molecule has 4 aromatic rings. The van der Waals surface area contributed by atoms with E-state index in [0.717, 1.165) is 6.42 Å². The number of allylic oxidation sites excluding steroid dienone is 2. The number of fused-ring (bicyclic) bond motifs is 4. The van der Waals surface area contributed by atoms with E-state index in [1.165, 1.54) is 33.0 Å². The van der Waals surface area contributed by atoms with Gasteiger partial charge < -0.3 is 0 Å². The molecule has 0 radical (unpaired) electrons. The Morgan fingerprint density at radius 2 is 1.51 bits per heavy atom. The fourth-order valence-corrected chi connectivity index (χ4v) is 11.4. The summed E-state index contributed by atoms with van der Waals surface area (Å²) in [5.74, 6) is 1.05. The van der Waals surface area contributed by atoms with Gasteiger partial charge in [0.15, 0.2) is 0 Å². The van der Waals surface area contributed by atoms with Crippen molar-refractivity contribution in [2.24, 2.45) is 0 Å². The Morgan fingerprint density at radius 3 is 2.23 bits per heavy atom. The van der Waals surface area contributed by atoms with Crippen LogP contribution in [0.1, 0.15) is 67.2 Å². The molecule has 1 saturated heterocycles. The molecular formula is C37H40SiTi. The van der Waals surface area contributed by atoms with Gasteiger partial charge in [0, 0.05) is 9.52 Å². The van der Waals surface area contributed by atoms with E-state index in [2.05, 4.69) is 116 Å². The molecule has 3 atom stereocenters. The summed E-state index contributed by atoms with van der Waals surface area (Å²) in [6, 6.07) is 34.8. The van der Waals surface area contributed by atoms with E-state index < -0.39 is 0 Å². The van der Waals surface area contributed by atoms with Crippen LogP contribution >= 0.6 is 0 Å². The van der Waals surface area contributed by atoms with E-state index in [1.54, 1.807) is 47.2 Å². The summed E-state index contributed by atoms with van der Waals surface area (Å²) >= 11 is -0.145. The van der Waals surface area contributed by atoms with Crippen LogP contribution in [0.4, 0.5) is 0 Å². The molecule has 0 amide bonds. The topological polar surface area (TPSA) is 0 Å². The molecule has 4 aromatic carbocycles. The van der Waals surface area contributed by atoms with Crippen LogP contribution in [0.2, 0.25) is 21.5 Å². The second kappa shape index (κ2) is 12.0. The Bertz CT molecular complexity index is 1520. The Balaban J connectivity index is 0.000000500. The molecule has 0 spiro atoms. The number of hydrogen-bond acceptors (Lipinski definition) is 0. The summed E-state index contributed by atoms with van der Waals surface area (Å²) in [7, 11) is 0.543. The molecule has 1 heterocycles. The van der Waals surface area contributed by atoms with Crippen molar-refractivity contribution >= 4 is 32.4 Å². The van der Waals surface area contributed by atoms with Crippen molar-refractivity contribution in [3.63, 3.8) is 0 Å². The summed E-state index contributed by atoms with van der Waals surface area (Å²) in [4.78, 5) is 0. The van der Waals surface area contributed by atoms with Crippen molar-refractivity contribution in [3.8, 4) is 11.1 Å². The van der Waals surface area contributed by atoms with E-state index in [4.69, 9.17) is 0 Å². The first-order valence-electron chi connectivity index (χ1n) is 15.0. The van der Waals surface area contributed by atoms with Gasteiger partial charge in [-0.15, -0.1) is 0 Å². The van der Waals surface area contributed by atoms with Gasteiger partial charge in [0.2, 0.25) is 0 Å². The number of rotatable bonds is 5. The molecule has 39 heavy (non-hydrogen) atoms. The van der Waals surface area contributed by atoms with Crippen molar-refractivity contribution in [2.45, 2.75) is 66.5 Å². The van der Waals surface area contributed by atoms with Crippen LogP contribution in [-0.4, -0.2) is 9.52 Å². The second-order valence-electron chi connectivity index (χ2n) is 11.5. The van der Waals surface area contributed by atoms with Crippen LogP contribution < -0.4 is 0 Å². The molecule has 1 fully saturated rings. The summed E-state index contributed by atoms with van der Waals surface area (Å²) in [6.07, 6.45) is 9.27. The molecule has 0 bridgehead atoms. The van der Waals surface area contributed by atoms with Crippen LogP contribution in [0.5, 0.6) is 0 Å². The van der Waals surface area contributed by atoms with Crippen LogP contribution in [0.15, 0.2) is 96.1 Å². The molecule has 2 aliphatic carbocycles. The summed E-state index contributed by atoms with van der Waals surface area (Å²) in [6.45, 7) is 4.72. The van der Waals surface area contributed by atoms with E-state index in [-0.39, 0.29) is 19.2 Å². The van der Waals surface area contributed by atoms with Gasteiger partial charge in [-0.05, 0) is 0 Å². The van der Waals surface area contributed by atoms with Gasteiger partial charge in [0.25, 0.3) is 0 Å². The molecule has 0 saturated carbocycles. The molecule has 0 nitrogen and oxygen atoms in total. The third kappa shape index (κ3) is 5.10. The van der Waals surface area contributed by atoms with Crippen molar-refractivity contribution in [2.75, 3.05) is 0 Å². The van der Waals surface area contributed by atoms with Crippen LogP contribution in [0.25, 0.3) is 34.1 Å². The first-order valence-corrected chi connectivity index (χ1v) is 19.4.